The van der Waals surface area contributed by atoms with Crippen LogP contribution in [0.15, 0.2) is 72.1 Å². The first kappa shape index (κ1) is 20.0. The number of rotatable bonds is 3. The van der Waals surface area contributed by atoms with Crippen LogP contribution in [0.4, 0.5) is 15.6 Å². The van der Waals surface area contributed by atoms with E-state index in [0.29, 0.717) is 18.7 Å². The first-order chi connectivity index (χ1) is 15.7. The lowest BCUT2D eigenvalue weighted by Gasteiger charge is -2.35. The number of pyridine rings is 1. The average molecular weight is 440 g/mol. The molecule has 4 aromatic rings. The van der Waals surface area contributed by atoms with E-state index in [1.165, 1.54) is 11.3 Å². The second-order valence-electron chi connectivity index (χ2n) is 7.62. The summed E-state index contributed by atoms with van der Waals surface area (Å²) in [7, 11) is 0. The Balaban J connectivity index is 1.36. The number of hydrogen-bond donors (Lipinski definition) is 1. The Morgan fingerprint density at radius 3 is 2.62 bits per heavy atom. The molecule has 0 spiro atoms. The monoisotopic (exact) mass is 439 g/mol. The van der Waals surface area contributed by atoms with Crippen molar-refractivity contribution in [2.75, 3.05) is 36.4 Å². The molecular formula is C25H21N5OS. The Labute approximate surface area is 190 Å². The van der Waals surface area contributed by atoms with Gasteiger partial charge in [-0.05, 0) is 47.3 Å². The minimum Gasteiger partial charge on any atom is -0.353 e. The van der Waals surface area contributed by atoms with Gasteiger partial charge in [-0.1, -0.05) is 30.3 Å². The fraction of sp³-hybridized carbons (Fsp3) is 0.160. The van der Waals surface area contributed by atoms with Crippen molar-refractivity contribution in [1.29, 1.82) is 5.26 Å². The van der Waals surface area contributed by atoms with Crippen molar-refractivity contribution < 1.29 is 4.79 Å². The summed E-state index contributed by atoms with van der Waals surface area (Å²) < 4.78 is 0. The van der Waals surface area contributed by atoms with Gasteiger partial charge in [0.05, 0.1) is 22.2 Å². The highest BCUT2D eigenvalue weighted by atomic mass is 32.1. The van der Waals surface area contributed by atoms with Gasteiger partial charge in [-0.3, -0.25) is 5.32 Å². The quantitative estimate of drug-likeness (QED) is 0.477. The van der Waals surface area contributed by atoms with Gasteiger partial charge >= 0.3 is 6.03 Å². The first-order valence-electron chi connectivity index (χ1n) is 10.5. The number of nitrogens with one attached hydrogen (secondary N) is 1. The van der Waals surface area contributed by atoms with Gasteiger partial charge in [0.15, 0.2) is 0 Å². The summed E-state index contributed by atoms with van der Waals surface area (Å²) in [5.74, 6) is 0.903. The van der Waals surface area contributed by atoms with Crippen molar-refractivity contribution in [3.63, 3.8) is 0 Å². The number of anilines is 2. The van der Waals surface area contributed by atoms with Gasteiger partial charge in [-0.2, -0.15) is 5.26 Å². The molecule has 1 saturated heterocycles. The number of benzene rings is 2. The van der Waals surface area contributed by atoms with Crippen molar-refractivity contribution in [3.05, 3.63) is 77.7 Å². The van der Waals surface area contributed by atoms with Gasteiger partial charge in [0.2, 0.25) is 0 Å². The lowest BCUT2D eigenvalue weighted by atomic mass is 10.0. The van der Waals surface area contributed by atoms with Crippen LogP contribution in [0, 0.1) is 11.3 Å². The molecular weight excluding hydrogens is 418 g/mol. The second kappa shape index (κ2) is 8.69. The van der Waals surface area contributed by atoms with Crippen LogP contribution in [-0.4, -0.2) is 42.1 Å². The molecule has 2 amide bonds. The first-order valence-corrected chi connectivity index (χ1v) is 11.3. The Morgan fingerprint density at radius 1 is 1.00 bits per heavy atom. The molecule has 2 aromatic heterocycles. The summed E-state index contributed by atoms with van der Waals surface area (Å²) in [5.41, 5.74) is 3.54. The van der Waals surface area contributed by atoms with Crippen molar-refractivity contribution in [1.82, 2.24) is 9.88 Å². The Kier molecular flexibility index (Phi) is 5.44. The lowest BCUT2D eigenvalue weighted by molar-refractivity contribution is 0.208. The highest BCUT2D eigenvalue weighted by Gasteiger charge is 2.22. The third kappa shape index (κ3) is 4.01. The van der Waals surface area contributed by atoms with E-state index in [1.807, 2.05) is 64.9 Å². The molecule has 0 aliphatic carbocycles. The fourth-order valence-electron chi connectivity index (χ4n) is 3.97. The maximum Gasteiger partial charge on any atom is 0.322 e. The van der Waals surface area contributed by atoms with Gasteiger partial charge in [-0.15, -0.1) is 11.3 Å². The van der Waals surface area contributed by atoms with Gasteiger partial charge in [0.25, 0.3) is 0 Å². The van der Waals surface area contributed by atoms with Gasteiger partial charge in [0.1, 0.15) is 5.82 Å². The third-order valence-electron chi connectivity index (χ3n) is 5.65. The number of urea groups is 1. The number of carbonyl (C=O) groups excluding carboxylic acids is 1. The van der Waals surface area contributed by atoms with E-state index in [-0.39, 0.29) is 6.03 Å². The summed E-state index contributed by atoms with van der Waals surface area (Å²) in [4.78, 5) is 21.6. The molecule has 1 aliphatic heterocycles. The zero-order valence-electron chi connectivity index (χ0n) is 17.4. The smallest absolute Gasteiger partial charge is 0.322 e. The number of hydrogen-bond acceptors (Lipinski definition) is 5. The van der Waals surface area contributed by atoms with Crippen LogP contribution >= 0.6 is 11.3 Å². The predicted molar refractivity (Wildman–Crippen MR) is 129 cm³/mol. The summed E-state index contributed by atoms with van der Waals surface area (Å²) in [6.45, 7) is 2.73. The largest absolute Gasteiger partial charge is 0.353 e. The number of aromatic nitrogens is 1. The maximum atomic E-state index is 12.5. The van der Waals surface area contributed by atoms with Crippen LogP contribution in [0.2, 0.25) is 0 Å². The minimum atomic E-state index is -0.0572. The number of thiophene rings is 1. The number of piperazine rings is 1. The summed E-state index contributed by atoms with van der Waals surface area (Å²) in [6, 6.07) is 23.8. The third-order valence-corrected chi connectivity index (χ3v) is 6.44. The molecule has 158 valence electrons. The van der Waals surface area contributed by atoms with E-state index in [4.69, 9.17) is 4.98 Å². The number of amides is 2. The Hall–Kier alpha value is -3.89. The summed E-state index contributed by atoms with van der Waals surface area (Å²) in [5, 5.41) is 16.1. The molecule has 0 bridgehead atoms. The van der Waals surface area contributed by atoms with Crippen LogP contribution in [-0.2, 0) is 0 Å². The van der Waals surface area contributed by atoms with E-state index in [1.54, 1.807) is 0 Å². The van der Waals surface area contributed by atoms with Crippen molar-refractivity contribution in [2.24, 2.45) is 0 Å². The molecule has 7 heteroatoms. The lowest BCUT2D eigenvalue weighted by Crippen LogP contribution is -2.50. The Bertz CT molecular complexity index is 1300. The molecule has 1 N–H and O–H groups in total. The van der Waals surface area contributed by atoms with Crippen LogP contribution in [0.1, 0.15) is 5.56 Å². The molecule has 0 atom stereocenters. The van der Waals surface area contributed by atoms with E-state index in [0.717, 1.165) is 45.9 Å². The second-order valence-corrected chi connectivity index (χ2v) is 8.57. The van der Waals surface area contributed by atoms with Crippen LogP contribution < -0.4 is 10.2 Å². The van der Waals surface area contributed by atoms with Crippen molar-refractivity contribution in [3.8, 4) is 17.2 Å². The Morgan fingerprint density at radius 2 is 1.84 bits per heavy atom. The molecule has 1 aliphatic rings. The number of nitriles is 1. The molecule has 0 saturated carbocycles. The number of fused-ring (bicyclic) bond motifs is 1. The van der Waals surface area contributed by atoms with Crippen molar-refractivity contribution in [2.45, 2.75) is 0 Å². The van der Waals surface area contributed by atoms with Gasteiger partial charge in [-0.25, -0.2) is 9.78 Å². The molecule has 5 rings (SSSR count). The zero-order chi connectivity index (χ0) is 21.9. The van der Waals surface area contributed by atoms with Gasteiger partial charge < -0.3 is 9.80 Å². The molecule has 0 unspecified atom stereocenters. The van der Waals surface area contributed by atoms with E-state index < -0.39 is 0 Å². The zero-order valence-corrected chi connectivity index (χ0v) is 18.2. The topological polar surface area (TPSA) is 72.3 Å². The average Bonchev–Trinajstić information content (AvgIpc) is 3.36. The predicted octanol–water partition coefficient (Wildman–Crippen LogP) is 5.19. The summed E-state index contributed by atoms with van der Waals surface area (Å²) >= 11 is 1.52. The highest BCUT2D eigenvalue weighted by molar-refractivity contribution is 7.14. The van der Waals surface area contributed by atoms with Crippen LogP contribution in [0.5, 0.6) is 0 Å². The molecule has 2 aromatic carbocycles. The maximum absolute atomic E-state index is 12.5. The number of carbonyl (C=O) groups is 1. The summed E-state index contributed by atoms with van der Waals surface area (Å²) in [6.07, 6.45) is 0. The number of para-hydroxylation sites is 1. The van der Waals surface area contributed by atoms with Crippen LogP contribution in [0.3, 0.4) is 0 Å². The molecule has 1 fully saturated rings. The van der Waals surface area contributed by atoms with E-state index in [9.17, 15) is 10.1 Å². The fourth-order valence-corrected chi connectivity index (χ4v) is 4.58. The van der Waals surface area contributed by atoms with Crippen molar-refractivity contribution >= 4 is 39.1 Å². The normalized spacial score (nSPS) is 13.7. The van der Waals surface area contributed by atoms with Crippen LogP contribution in [0.25, 0.3) is 22.0 Å². The minimum absolute atomic E-state index is 0.0572. The standard InChI is InChI=1S/C25H21N5OS/c26-17-18-4-1-6-20(16-18)21-7-2-5-19-9-10-22(27-24(19)21)29-11-13-30(14-12-29)25(31)28-23-8-3-15-32-23/h1-10,15-16H,11-14H2,(H,28,31). The molecule has 6 nitrogen and oxygen atoms in total. The number of nitrogens with zero attached hydrogens (tertiary/aromatic N) is 4. The molecule has 3 heterocycles. The van der Waals surface area contributed by atoms with E-state index in [2.05, 4.69) is 28.4 Å². The highest BCUT2D eigenvalue weighted by Crippen LogP contribution is 2.30. The van der Waals surface area contributed by atoms with E-state index >= 15 is 0 Å². The SMILES string of the molecule is N#Cc1cccc(-c2cccc3ccc(N4CCN(C(=O)Nc5cccs5)CC4)nc23)c1. The molecule has 0 radical (unpaired) electrons. The van der Waals surface area contributed by atoms with Gasteiger partial charge in [0, 0.05) is 37.1 Å². The molecule has 32 heavy (non-hydrogen) atoms.